The molecular formula is C15H28N6. The average Bonchev–Trinajstić information content (AvgIpc) is 3.06. The van der Waals surface area contributed by atoms with E-state index in [0.29, 0.717) is 23.2 Å². The van der Waals surface area contributed by atoms with E-state index in [0.717, 1.165) is 32.1 Å². The Kier molecular flexibility index (Phi) is 4.85. The van der Waals surface area contributed by atoms with E-state index in [2.05, 4.69) is 58.2 Å². The van der Waals surface area contributed by atoms with Crippen LogP contribution in [0.25, 0.3) is 0 Å². The molecule has 1 unspecified atom stereocenters. The fourth-order valence-corrected chi connectivity index (χ4v) is 2.47. The second-order valence-electron chi connectivity index (χ2n) is 6.26. The highest BCUT2D eigenvalue weighted by Crippen LogP contribution is 2.51. The lowest BCUT2D eigenvalue weighted by atomic mass is 10.1. The Hall–Kier alpha value is -1.59. The van der Waals surface area contributed by atoms with Crippen molar-refractivity contribution >= 4 is 17.8 Å². The van der Waals surface area contributed by atoms with Crippen LogP contribution in [0.1, 0.15) is 41.0 Å². The van der Waals surface area contributed by atoms with Gasteiger partial charge < -0.3 is 15.5 Å². The largest absolute Gasteiger partial charge is 0.354 e. The van der Waals surface area contributed by atoms with Crippen LogP contribution in [0.2, 0.25) is 0 Å². The molecule has 2 N–H and O–H groups in total. The van der Waals surface area contributed by atoms with Gasteiger partial charge in [-0.25, -0.2) is 0 Å². The number of hydrogen-bond donors (Lipinski definition) is 2. The normalized spacial score (nSPS) is 19.2. The number of rotatable bonds is 8. The van der Waals surface area contributed by atoms with Gasteiger partial charge in [-0.1, -0.05) is 13.8 Å². The highest BCUT2D eigenvalue weighted by molar-refractivity contribution is 5.43. The lowest BCUT2D eigenvalue weighted by Gasteiger charge is -2.19. The molecule has 1 saturated carbocycles. The number of nitrogens with one attached hydrogen (secondary N) is 2. The Labute approximate surface area is 127 Å². The monoisotopic (exact) mass is 292 g/mol. The van der Waals surface area contributed by atoms with Crippen LogP contribution in [-0.4, -0.2) is 41.1 Å². The van der Waals surface area contributed by atoms with E-state index in [9.17, 15) is 0 Å². The minimum Gasteiger partial charge on any atom is -0.354 e. The lowest BCUT2D eigenvalue weighted by molar-refractivity contribution is 0.572. The van der Waals surface area contributed by atoms with Gasteiger partial charge in [-0.05, 0) is 38.5 Å². The summed E-state index contributed by atoms with van der Waals surface area (Å²) in [5.41, 5.74) is 0.465. The van der Waals surface area contributed by atoms with E-state index in [4.69, 9.17) is 0 Å². The van der Waals surface area contributed by atoms with Gasteiger partial charge in [0.1, 0.15) is 0 Å². The quantitative estimate of drug-likeness (QED) is 0.768. The molecular weight excluding hydrogens is 264 g/mol. The zero-order chi connectivity index (χ0) is 15.5. The molecule has 1 aliphatic rings. The first-order valence-electron chi connectivity index (χ1n) is 7.98. The van der Waals surface area contributed by atoms with Gasteiger partial charge >= 0.3 is 0 Å². The molecule has 0 aliphatic heterocycles. The van der Waals surface area contributed by atoms with Crippen LogP contribution in [0, 0.1) is 11.3 Å². The van der Waals surface area contributed by atoms with Crippen LogP contribution in [0.15, 0.2) is 0 Å². The van der Waals surface area contributed by atoms with Gasteiger partial charge in [-0.15, -0.1) is 0 Å². The number of anilines is 3. The third-order valence-electron chi connectivity index (χ3n) is 4.23. The molecule has 1 aromatic rings. The number of nitrogens with zero attached hydrogens (tertiary/aromatic N) is 4. The molecule has 21 heavy (non-hydrogen) atoms. The zero-order valence-electron chi connectivity index (χ0n) is 13.9. The SMILES string of the molecule is CCNc1nc(NCC2CC2(C)C)nc(N(CC)CC)n1. The van der Waals surface area contributed by atoms with Crippen molar-refractivity contribution in [1.82, 2.24) is 15.0 Å². The second kappa shape index (κ2) is 6.45. The van der Waals surface area contributed by atoms with Gasteiger partial charge in [0.05, 0.1) is 0 Å². The zero-order valence-corrected chi connectivity index (χ0v) is 13.9. The summed E-state index contributed by atoms with van der Waals surface area (Å²) in [6, 6.07) is 0. The highest BCUT2D eigenvalue weighted by atomic mass is 15.3. The van der Waals surface area contributed by atoms with Crippen molar-refractivity contribution in [3.05, 3.63) is 0 Å². The Bertz CT molecular complexity index is 469. The first kappa shape index (κ1) is 15.8. The third-order valence-corrected chi connectivity index (χ3v) is 4.23. The molecule has 0 amide bonds. The van der Waals surface area contributed by atoms with E-state index < -0.39 is 0 Å². The summed E-state index contributed by atoms with van der Waals surface area (Å²) < 4.78 is 0. The fraction of sp³-hybridized carbons (Fsp3) is 0.800. The minimum absolute atomic E-state index is 0.465. The van der Waals surface area contributed by atoms with Crippen molar-refractivity contribution in [3.8, 4) is 0 Å². The van der Waals surface area contributed by atoms with E-state index >= 15 is 0 Å². The van der Waals surface area contributed by atoms with Gasteiger partial charge in [0.2, 0.25) is 17.8 Å². The topological polar surface area (TPSA) is 66.0 Å². The number of aromatic nitrogens is 3. The maximum Gasteiger partial charge on any atom is 0.231 e. The summed E-state index contributed by atoms with van der Waals surface area (Å²) in [6.45, 7) is 14.4. The average molecular weight is 292 g/mol. The summed E-state index contributed by atoms with van der Waals surface area (Å²) in [4.78, 5) is 15.6. The van der Waals surface area contributed by atoms with Crippen LogP contribution in [0.5, 0.6) is 0 Å². The molecule has 1 aromatic heterocycles. The van der Waals surface area contributed by atoms with Crippen molar-refractivity contribution < 1.29 is 0 Å². The van der Waals surface area contributed by atoms with Crippen LogP contribution >= 0.6 is 0 Å². The first-order valence-corrected chi connectivity index (χ1v) is 7.98. The molecule has 0 spiro atoms. The second-order valence-corrected chi connectivity index (χ2v) is 6.26. The number of hydrogen-bond acceptors (Lipinski definition) is 6. The van der Waals surface area contributed by atoms with Crippen LogP contribution in [0.4, 0.5) is 17.8 Å². The molecule has 1 atom stereocenters. The molecule has 0 bridgehead atoms. The van der Waals surface area contributed by atoms with E-state index in [1.54, 1.807) is 0 Å². The van der Waals surface area contributed by atoms with Crippen LogP contribution in [-0.2, 0) is 0 Å². The van der Waals surface area contributed by atoms with Gasteiger partial charge in [0.25, 0.3) is 0 Å². The van der Waals surface area contributed by atoms with E-state index in [1.807, 2.05) is 6.92 Å². The molecule has 0 saturated heterocycles. The maximum atomic E-state index is 4.56. The van der Waals surface area contributed by atoms with Crippen molar-refractivity contribution in [1.29, 1.82) is 0 Å². The maximum absolute atomic E-state index is 4.56. The van der Waals surface area contributed by atoms with Gasteiger partial charge in [0, 0.05) is 26.2 Å². The molecule has 6 nitrogen and oxygen atoms in total. The molecule has 0 aromatic carbocycles. The molecule has 118 valence electrons. The lowest BCUT2D eigenvalue weighted by Crippen LogP contribution is -2.25. The third kappa shape index (κ3) is 3.95. The van der Waals surface area contributed by atoms with Gasteiger partial charge in [0.15, 0.2) is 0 Å². The predicted octanol–water partition coefficient (Wildman–Crippen LogP) is 2.61. The molecule has 1 fully saturated rings. The van der Waals surface area contributed by atoms with Crippen LogP contribution in [0.3, 0.4) is 0 Å². The Morgan fingerprint density at radius 2 is 1.62 bits per heavy atom. The Morgan fingerprint density at radius 1 is 1.05 bits per heavy atom. The molecule has 1 heterocycles. The van der Waals surface area contributed by atoms with Gasteiger partial charge in [-0.3, -0.25) is 0 Å². The Morgan fingerprint density at radius 3 is 2.10 bits per heavy atom. The van der Waals surface area contributed by atoms with E-state index in [1.165, 1.54) is 6.42 Å². The first-order chi connectivity index (χ1) is 10.00. The highest BCUT2D eigenvalue weighted by Gasteiger charge is 2.45. The molecule has 2 rings (SSSR count). The smallest absolute Gasteiger partial charge is 0.231 e. The van der Waals surface area contributed by atoms with Crippen molar-refractivity contribution in [2.24, 2.45) is 11.3 Å². The van der Waals surface area contributed by atoms with E-state index in [-0.39, 0.29) is 0 Å². The van der Waals surface area contributed by atoms with Crippen LogP contribution < -0.4 is 15.5 Å². The summed E-state index contributed by atoms with van der Waals surface area (Å²) in [5, 5.41) is 6.56. The van der Waals surface area contributed by atoms with Crippen molar-refractivity contribution in [3.63, 3.8) is 0 Å². The van der Waals surface area contributed by atoms with Crippen molar-refractivity contribution in [2.45, 2.75) is 41.0 Å². The minimum atomic E-state index is 0.465. The summed E-state index contributed by atoms with van der Waals surface area (Å²) in [6.07, 6.45) is 1.27. The molecule has 1 aliphatic carbocycles. The summed E-state index contributed by atoms with van der Waals surface area (Å²) >= 11 is 0. The standard InChI is InChI=1S/C15H28N6/c1-6-16-12-18-13(17-10-11-9-15(11,4)5)20-14(19-12)21(7-2)8-3/h11H,6-10H2,1-5H3,(H2,16,17,18,19,20). The predicted molar refractivity (Wildman–Crippen MR) is 87.9 cm³/mol. The van der Waals surface area contributed by atoms with Crippen molar-refractivity contribution in [2.75, 3.05) is 41.7 Å². The van der Waals surface area contributed by atoms with Gasteiger partial charge in [-0.2, -0.15) is 15.0 Å². The molecule has 6 heteroatoms. The molecule has 0 radical (unpaired) electrons. The Balaban J connectivity index is 2.11. The summed E-state index contributed by atoms with van der Waals surface area (Å²) in [7, 11) is 0. The fourth-order valence-electron chi connectivity index (χ4n) is 2.47. The summed E-state index contributed by atoms with van der Waals surface area (Å²) in [5.74, 6) is 2.77.